The summed E-state index contributed by atoms with van der Waals surface area (Å²) in [5.74, 6) is 0.630. The molecular weight excluding hydrogens is 234 g/mol. The van der Waals surface area contributed by atoms with E-state index in [0.717, 1.165) is 12.1 Å². The molecule has 0 bridgehead atoms. The Bertz CT molecular complexity index is 406. The van der Waals surface area contributed by atoms with Crippen LogP contribution in [0.4, 0.5) is 0 Å². The maximum atomic E-state index is 6.49. The van der Waals surface area contributed by atoms with Crippen LogP contribution in [0.15, 0.2) is 12.3 Å². The second-order valence-electron chi connectivity index (χ2n) is 7.09. The van der Waals surface area contributed by atoms with Crippen LogP contribution in [-0.2, 0) is 6.42 Å². The summed E-state index contributed by atoms with van der Waals surface area (Å²) in [6.45, 7) is 9.06. The number of rotatable bonds is 4. The zero-order valence-corrected chi connectivity index (χ0v) is 12.9. The van der Waals surface area contributed by atoms with Gasteiger partial charge in [0.1, 0.15) is 0 Å². The summed E-state index contributed by atoms with van der Waals surface area (Å²) in [6.07, 6.45) is 8.26. The lowest BCUT2D eigenvalue weighted by atomic mass is 9.65. The molecule has 1 aromatic rings. The van der Waals surface area contributed by atoms with E-state index < -0.39 is 0 Å². The SMILES string of the molecule is CC(C)n1ccc(CC(N)C2CCCCC2(C)C)n1. The highest BCUT2D eigenvalue weighted by atomic mass is 15.3. The number of nitrogens with two attached hydrogens (primary N) is 1. The van der Waals surface area contributed by atoms with Crippen molar-refractivity contribution in [3.8, 4) is 0 Å². The lowest BCUT2D eigenvalue weighted by Crippen LogP contribution is -2.43. The standard InChI is InChI=1S/C16H29N3/c1-12(2)19-10-8-13(18-19)11-15(17)14-7-5-6-9-16(14,3)4/h8,10,12,14-15H,5-7,9,11,17H2,1-4H3. The van der Waals surface area contributed by atoms with Crippen LogP contribution in [0.3, 0.4) is 0 Å². The van der Waals surface area contributed by atoms with Crippen molar-refractivity contribution in [1.29, 1.82) is 0 Å². The molecule has 0 spiro atoms. The second-order valence-corrected chi connectivity index (χ2v) is 7.09. The van der Waals surface area contributed by atoms with E-state index in [1.807, 2.05) is 4.68 Å². The van der Waals surface area contributed by atoms with E-state index in [-0.39, 0.29) is 6.04 Å². The molecule has 1 aliphatic carbocycles. The normalized spacial score (nSPS) is 24.6. The Hall–Kier alpha value is -0.830. The van der Waals surface area contributed by atoms with Crippen molar-refractivity contribution < 1.29 is 0 Å². The molecule has 0 saturated heterocycles. The fourth-order valence-corrected chi connectivity index (χ4v) is 3.47. The van der Waals surface area contributed by atoms with Crippen molar-refractivity contribution >= 4 is 0 Å². The van der Waals surface area contributed by atoms with Gasteiger partial charge in [-0.3, -0.25) is 4.68 Å². The first-order valence-electron chi connectivity index (χ1n) is 7.70. The first-order valence-corrected chi connectivity index (χ1v) is 7.70. The summed E-state index contributed by atoms with van der Waals surface area (Å²) in [4.78, 5) is 0. The minimum atomic E-state index is 0.241. The van der Waals surface area contributed by atoms with Crippen molar-refractivity contribution in [3.05, 3.63) is 18.0 Å². The van der Waals surface area contributed by atoms with Gasteiger partial charge >= 0.3 is 0 Å². The van der Waals surface area contributed by atoms with E-state index in [0.29, 0.717) is 17.4 Å². The monoisotopic (exact) mass is 263 g/mol. The number of hydrogen-bond acceptors (Lipinski definition) is 2. The third-order valence-electron chi connectivity index (χ3n) is 4.74. The zero-order chi connectivity index (χ0) is 14.0. The molecular formula is C16H29N3. The van der Waals surface area contributed by atoms with Gasteiger partial charge in [0, 0.05) is 24.7 Å². The minimum absolute atomic E-state index is 0.241. The highest BCUT2D eigenvalue weighted by Crippen LogP contribution is 2.42. The summed E-state index contributed by atoms with van der Waals surface area (Å²) in [5, 5.41) is 4.63. The van der Waals surface area contributed by atoms with Crippen LogP contribution >= 0.6 is 0 Å². The maximum absolute atomic E-state index is 6.49. The van der Waals surface area contributed by atoms with Crippen molar-refractivity contribution in [2.45, 2.75) is 71.9 Å². The van der Waals surface area contributed by atoms with Gasteiger partial charge in [-0.2, -0.15) is 5.10 Å². The second kappa shape index (κ2) is 5.66. The van der Waals surface area contributed by atoms with Gasteiger partial charge in [-0.05, 0) is 44.1 Å². The van der Waals surface area contributed by atoms with Crippen LogP contribution in [0.1, 0.15) is 65.1 Å². The van der Waals surface area contributed by atoms with Gasteiger partial charge in [-0.25, -0.2) is 0 Å². The van der Waals surface area contributed by atoms with E-state index in [9.17, 15) is 0 Å². The Morgan fingerprint density at radius 1 is 1.42 bits per heavy atom. The van der Waals surface area contributed by atoms with Crippen LogP contribution in [0.5, 0.6) is 0 Å². The van der Waals surface area contributed by atoms with Crippen LogP contribution in [-0.4, -0.2) is 15.8 Å². The minimum Gasteiger partial charge on any atom is -0.327 e. The number of aromatic nitrogens is 2. The van der Waals surface area contributed by atoms with Crippen LogP contribution < -0.4 is 5.73 Å². The van der Waals surface area contributed by atoms with Crippen LogP contribution in [0.2, 0.25) is 0 Å². The summed E-state index contributed by atoms with van der Waals surface area (Å²) in [6, 6.07) is 2.79. The predicted molar refractivity (Wildman–Crippen MR) is 80.0 cm³/mol. The van der Waals surface area contributed by atoms with Crippen LogP contribution in [0.25, 0.3) is 0 Å². The number of hydrogen-bond donors (Lipinski definition) is 1. The van der Waals surface area contributed by atoms with Gasteiger partial charge in [-0.1, -0.05) is 26.7 Å². The Labute approximate surface area is 117 Å². The third-order valence-corrected chi connectivity index (χ3v) is 4.74. The highest BCUT2D eigenvalue weighted by molar-refractivity contribution is 5.04. The predicted octanol–water partition coefficient (Wildman–Crippen LogP) is 3.55. The molecule has 2 unspecified atom stereocenters. The molecule has 2 atom stereocenters. The van der Waals surface area contributed by atoms with E-state index in [2.05, 4.69) is 45.1 Å². The Balaban J connectivity index is 2.01. The Morgan fingerprint density at radius 2 is 2.16 bits per heavy atom. The summed E-state index contributed by atoms with van der Waals surface area (Å²) >= 11 is 0. The van der Waals surface area contributed by atoms with Crippen LogP contribution in [0, 0.1) is 11.3 Å². The van der Waals surface area contributed by atoms with Crippen molar-refractivity contribution in [2.24, 2.45) is 17.1 Å². The highest BCUT2D eigenvalue weighted by Gasteiger charge is 2.36. The summed E-state index contributed by atoms with van der Waals surface area (Å²) in [5.41, 5.74) is 8.02. The molecule has 0 aromatic carbocycles. The van der Waals surface area contributed by atoms with E-state index in [1.54, 1.807) is 0 Å². The molecule has 1 aromatic heterocycles. The summed E-state index contributed by atoms with van der Waals surface area (Å²) < 4.78 is 2.02. The molecule has 0 aliphatic heterocycles. The van der Waals surface area contributed by atoms with Crippen molar-refractivity contribution in [2.75, 3.05) is 0 Å². The van der Waals surface area contributed by atoms with Crippen molar-refractivity contribution in [1.82, 2.24) is 9.78 Å². The average molecular weight is 263 g/mol. The quantitative estimate of drug-likeness (QED) is 0.902. The lowest BCUT2D eigenvalue weighted by molar-refractivity contribution is 0.112. The van der Waals surface area contributed by atoms with E-state index in [4.69, 9.17) is 5.73 Å². The fraction of sp³-hybridized carbons (Fsp3) is 0.812. The Kier molecular flexibility index (Phi) is 4.34. The first-order chi connectivity index (χ1) is 8.90. The molecule has 0 radical (unpaired) electrons. The molecule has 1 fully saturated rings. The molecule has 108 valence electrons. The first kappa shape index (κ1) is 14.6. The average Bonchev–Trinajstić information content (AvgIpc) is 2.76. The molecule has 1 heterocycles. The molecule has 3 heteroatoms. The molecule has 2 N–H and O–H groups in total. The lowest BCUT2D eigenvalue weighted by Gasteiger charge is -2.42. The molecule has 2 rings (SSSR count). The smallest absolute Gasteiger partial charge is 0.0640 e. The zero-order valence-electron chi connectivity index (χ0n) is 12.9. The number of nitrogens with zero attached hydrogens (tertiary/aromatic N) is 2. The van der Waals surface area contributed by atoms with E-state index >= 15 is 0 Å². The maximum Gasteiger partial charge on any atom is 0.0640 e. The third kappa shape index (κ3) is 3.38. The van der Waals surface area contributed by atoms with Gasteiger partial charge in [0.2, 0.25) is 0 Å². The molecule has 19 heavy (non-hydrogen) atoms. The molecule has 1 saturated carbocycles. The largest absolute Gasteiger partial charge is 0.327 e. The van der Waals surface area contributed by atoms with E-state index in [1.165, 1.54) is 25.7 Å². The van der Waals surface area contributed by atoms with Gasteiger partial charge in [0.15, 0.2) is 0 Å². The van der Waals surface area contributed by atoms with Gasteiger partial charge in [-0.15, -0.1) is 0 Å². The molecule has 1 aliphatic rings. The van der Waals surface area contributed by atoms with Gasteiger partial charge < -0.3 is 5.73 Å². The molecule has 3 nitrogen and oxygen atoms in total. The van der Waals surface area contributed by atoms with Crippen molar-refractivity contribution in [3.63, 3.8) is 0 Å². The summed E-state index contributed by atoms with van der Waals surface area (Å²) in [7, 11) is 0. The van der Waals surface area contributed by atoms with Gasteiger partial charge in [0.25, 0.3) is 0 Å². The topological polar surface area (TPSA) is 43.8 Å². The Morgan fingerprint density at radius 3 is 2.74 bits per heavy atom. The fourth-order valence-electron chi connectivity index (χ4n) is 3.47. The van der Waals surface area contributed by atoms with Gasteiger partial charge in [0.05, 0.1) is 5.69 Å². The molecule has 0 amide bonds.